The number of rotatable bonds is 1. The van der Waals surface area contributed by atoms with E-state index >= 15 is 0 Å². The van der Waals surface area contributed by atoms with E-state index in [1.54, 1.807) is 0 Å². The van der Waals surface area contributed by atoms with E-state index in [2.05, 4.69) is 10.6 Å². The van der Waals surface area contributed by atoms with Gasteiger partial charge in [0, 0.05) is 25.9 Å². The highest BCUT2D eigenvalue weighted by Gasteiger charge is 2.21. The zero-order valence-electron chi connectivity index (χ0n) is 5.92. The predicted octanol–water partition coefficient (Wildman–Crippen LogP) is -1.45. The van der Waals surface area contributed by atoms with E-state index in [4.69, 9.17) is 0 Å². The number of sulfone groups is 1. The van der Waals surface area contributed by atoms with Crippen LogP contribution in [-0.2, 0) is 9.84 Å². The number of hydrogen-bond acceptors (Lipinski definition) is 4. The van der Waals surface area contributed by atoms with Crippen molar-refractivity contribution in [2.75, 3.05) is 25.9 Å². The third-order valence-electron chi connectivity index (χ3n) is 1.52. The summed E-state index contributed by atoms with van der Waals surface area (Å²) in [6.07, 6.45) is 1.25. The summed E-state index contributed by atoms with van der Waals surface area (Å²) in [6, 6.07) is 0. The topological polar surface area (TPSA) is 58.2 Å². The Kier molecular flexibility index (Phi) is 2.28. The van der Waals surface area contributed by atoms with E-state index in [1.165, 1.54) is 6.26 Å². The summed E-state index contributed by atoms with van der Waals surface area (Å²) in [5.41, 5.74) is 0. The fraction of sp³-hybridized carbons (Fsp3) is 1.00. The molecule has 1 fully saturated rings. The van der Waals surface area contributed by atoms with Gasteiger partial charge in [0.15, 0.2) is 9.84 Å². The normalized spacial score (nSPS) is 28.3. The minimum Gasteiger partial charge on any atom is -0.313 e. The SMILES string of the molecule is CS(=O)(=O)C1CNCCN1. The van der Waals surface area contributed by atoms with Crippen LogP contribution in [0.4, 0.5) is 0 Å². The molecule has 4 nitrogen and oxygen atoms in total. The van der Waals surface area contributed by atoms with Gasteiger partial charge in [-0.05, 0) is 0 Å². The van der Waals surface area contributed by atoms with E-state index in [1.807, 2.05) is 0 Å². The molecular formula is C5H12N2O2S. The van der Waals surface area contributed by atoms with Gasteiger partial charge in [-0.15, -0.1) is 0 Å². The van der Waals surface area contributed by atoms with Crippen molar-refractivity contribution in [3.63, 3.8) is 0 Å². The van der Waals surface area contributed by atoms with E-state index in [-0.39, 0.29) is 5.37 Å². The van der Waals surface area contributed by atoms with E-state index < -0.39 is 9.84 Å². The minimum absolute atomic E-state index is 0.388. The summed E-state index contributed by atoms with van der Waals surface area (Å²) in [6.45, 7) is 2.11. The third kappa shape index (κ3) is 1.93. The van der Waals surface area contributed by atoms with Gasteiger partial charge in [-0.1, -0.05) is 0 Å². The molecule has 10 heavy (non-hydrogen) atoms. The molecule has 1 atom stereocenters. The lowest BCUT2D eigenvalue weighted by molar-refractivity contribution is 0.477. The Labute approximate surface area is 60.9 Å². The van der Waals surface area contributed by atoms with Crippen molar-refractivity contribution in [3.8, 4) is 0 Å². The third-order valence-corrected chi connectivity index (χ3v) is 2.89. The van der Waals surface area contributed by atoms with Crippen LogP contribution in [0.3, 0.4) is 0 Å². The second-order valence-electron chi connectivity index (χ2n) is 2.48. The van der Waals surface area contributed by atoms with Crippen molar-refractivity contribution in [3.05, 3.63) is 0 Å². The van der Waals surface area contributed by atoms with Gasteiger partial charge in [-0.3, -0.25) is 5.32 Å². The van der Waals surface area contributed by atoms with Crippen LogP contribution < -0.4 is 10.6 Å². The van der Waals surface area contributed by atoms with Crippen LogP contribution in [0.2, 0.25) is 0 Å². The van der Waals surface area contributed by atoms with Gasteiger partial charge in [-0.25, -0.2) is 8.42 Å². The Balaban J connectivity index is 2.56. The Morgan fingerprint density at radius 3 is 2.40 bits per heavy atom. The lowest BCUT2D eigenvalue weighted by atomic mass is 10.4. The van der Waals surface area contributed by atoms with Gasteiger partial charge in [0.25, 0.3) is 0 Å². The Hall–Kier alpha value is -0.130. The van der Waals surface area contributed by atoms with Crippen LogP contribution in [0.25, 0.3) is 0 Å². The standard InChI is InChI=1S/C5H12N2O2S/c1-10(8,9)5-4-6-2-3-7-5/h5-7H,2-4H2,1H3. The number of piperazine rings is 1. The fourth-order valence-corrected chi connectivity index (χ4v) is 1.77. The molecule has 0 radical (unpaired) electrons. The molecule has 1 saturated heterocycles. The van der Waals surface area contributed by atoms with Gasteiger partial charge in [-0.2, -0.15) is 0 Å². The molecular weight excluding hydrogens is 152 g/mol. The molecule has 0 aromatic rings. The summed E-state index contributed by atoms with van der Waals surface area (Å²) < 4.78 is 21.8. The molecule has 1 heterocycles. The Bertz CT molecular complexity index is 194. The molecule has 0 aliphatic carbocycles. The number of nitrogens with one attached hydrogen (secondary N) is 2. The molecule has 0 amide bonds. The maximum absolute atomic E-state index is 10.9. The molecule has 5 heteroatoms. The largest absolute Gasteiger partial charge is 0.313 e. The van der Waals surface area contributed by atoms with E-state index in [0.29, 0.717) is 6.54 Å². The fourth-order valence-electron chi connectivity index (χ4n) is 0.930. The molecule has 2 N–H and O–H groups in total. The summed E-state index contributed by atoms with van der Waals surface area (Å²) in [7, 11) is -2.90. The van der Waals surface area contributed by atoms with Crippen LogP contribution in [0.5, 0.6) is 0 Å². The molecule has 60 valence electrons. The van der Waals surface area contributed by atoms with Gasteiger partial charge >= 0.3 is 0 Å². The van der Waals surface area contributed by atoms with Gasteiger partial charge < -0.3 is 5.32 Å². The van der Waals surface area contributed by atoms with Gasteiger partial charge in [0.05, 0.1) is 0 Å². The van der Waals surface area contributed by atoms with E-state index in [9.17, 15) is 8.42 Å². The lowest BCUT2D eigenvalue weighted by Gasteiger charge is -2.22. The van der Waals surface area contributed by atoms with Crippen LogP contribution in [0.15, 0.2) is 0 Å². The second-order valence-corrected chi connectivity index (χ2v) is 4.70. The highest BCUT2D eigenvalue weighted by atomic mass is 32.2. The molecule has 0 aromatic carbocycles. The Morgan fingerprint density at radius 1 is 1.40 bits per heavy atom. The molecule has 1 unspecified atom stereocenters. The van der Waals surface area contributed by atoms with Crippen molar-refractivity contribution in [1.29, 1.82) is 0 Å². The molecule has 0 aromatic heterocycles. The van der Waals surface area contributed by atoms with Crippen molar-refractivity contribution >= 4 is 9.84 Å². The lowest BCUT2D eigenvalue weighted by Crippen LogP contribution is -2.51. The van der Waals surface area contributed by atoms with Crippen LogP contribution in [-0.4, -0.2) is 39.7 Å². The van der Waals surface area contributed by atoms with Crippen molar-refractivity contribution in [2.45, 2.75) is 5.37 Å². The first-order valence-electron chi connectivity index (χ1n) is 3.23. The molecule has 0 spiro atoms. The summed E-state index contributed by atoms with van der Waals surface area (Å²) in [4.78, 5) is 0. The zero-order chi connectivity index (χ0) is 7.61. The summed E-state index contributed by atoms with van der Waals surface area (Å²) in [5.74, 6) is 0. The van der Waals surface area contributed by atoms with Gasteiger partial charge in [0.2, 0.25) is 0 Å². The van der Waals surface area contributed by atoms with E-state index in [0.717, 1.165) is 13.1 Å². The highest BCUT2D eigenvalue weighted by molar-refractivity contribution is 7.91. The zero-order valence-corrected chi connectivity index (χ0v) is 6.74. The molecule has 1 rings (SSSR count). The van der Waals surface area contributed by atoms with Crippen LogP contribution in [0.1, 0.15) is 0 Å². The summed E-state index contributed by atoms with van der Waals surface area (Å²) in [5, 5.41) is 5.52. The smallest absolute Gasteiger partial charge is 0.164 e. The first kappa shape index (κ1) is 7.97. The number of hydrogen-bond donors (Lipinski definition) is 2. The van der Waals surface area contributed by atoms with Crippen molar-refractivity contribution in [2.24, 2.45) is 0 Å². The second kappa shape index (κ2) is 2.86. The van der Waals surface area contributed by atoms with Crippen molar-refractivity contribution in [1.82, 2.24) is 10.6 Å². The maximum Gasteiger partial charge on any atom is 0.164 e. The predicted molar refractivity (Wildman–Crippen MR) is 39.5 cm³/mol. The highest BCUT2D eigenvalue weighted by Crippen LogP contribution is 1.95. The maximum atomic E-state index is 10.9. The summed E-state index contributed by atoms with van der Waals surface area (Å²) >= 11 is 0. The first-order valence-corrected chi connectivity index (χ1v) is 5.19. The van der Waals surface area contributed by atoms with Gasteiger partial charge in [0.1, 0.15) is 5.37 Å². The quantitative estimate of drug-likeness (QED) is 0.498. The average molecular weight is 164 g/mol. The van der Waals surface area contributed by atoms with Crippen molar-refractivity contribution < 1.29 is 8.42 Å². The van der Waals surface area contributed by atoms with Crippen LogP contribution >= 0.6 is 0 Å². The molecule has 0 bridgehead atoms. The molecule has 1 aliphatic heterocycles. The first-order chi connectivity index (χ1) is 4.61. The monoisotopic (exact) mass is 164 g/mol. The molecule has 0 saturated carbocycles. The molecule has 1 aliphatic rings. The minimum atomic E-state index is -2.90. The Morgan fingerprint density at radius 2 is 2.10 bits per heavy atom. The van der Waals surface area contributed by atoms with Crippen LogP contribution in [0, 0.1) is 0 Å². The average Bonchev–Trinajstić information content (AvgIpc) is 1.88.